The minimum absolute atomic E-state index is 0.275. The van der Waals surface area contributed by atoms with Crippen LogP contribution in [0.1, 0.15) is 31.2 Å². The number of morpholine rings is 1. The maximum Gasteiger partial charge on any atom is 0.475 e. The average Bonchev–Trinajstić information content (AvgIpc) is 3.36. The fraction of sp³-hybridized carbons (Fsp3) is 0.609. The molecule has 2 heterocycles. The highest BCUT2D eigenvalue weighted by molar-refractivity contribution is 6.43. The minimum Gasteiger partial charge on any atom is -0.444 e. The number of alkyl carbamates (subject to hydrolysis) is 1. The highest BCUT2D eigenvalue weighted by Gasteiger charge is 2.33. The van der Waals surface area contributed by atoms with Gasteiger partial charge >= 0.3 is 13.2 Å². The van der Waals surface area contributed by atoms with E-state index in [2.05, 4.69) is 10.6 Å². The van der Waals surface area contributed by atoms with Crippen LogP contribution in [-0.2, 0) is 30.2 Å². The summed E-state index contributed by atoms with van der Waals surface area (Å²) in [4.78, 5) is 39.8. The third kappa shape index (κ3) is 9.13. The number of hydrogen-bond donors (Lipinski definition) is 4. The number of carbonyl (C=O) groups is 3. The largest absolute Gasteiger partial charge is 0.475 e. The summed E-state index contributed by atoms with van der Waals surface area (Å²) in [5.74, 6) is -1.97. The third-order valence-corrected chi connectivity index (χ3v) is 6.02. The molecule has 0 saturated carbocycles. The summed E-state index contributed by atoms with van der Waals surface area (Å²) >= 11 is 0. The van der Waals surface area contributed by atoms with Crippen LogP contribution >= 0.6 is 0 Å². The van der Waals surface area contributed by atoms with E-state index in [-0.39, 0.29) is 18.9 Å². The molecular formula is C23H34BN3O8. The van der Waals surface area contributed by atoms with Gasteiger partial charge in [-0.3, -0.25) is 9.59 Å². The second kappa shape index (κ2) is 14.0. The molecule has 11 nitrogen and oxygen atoms in total. The van der Waals surface area contributed by atoms with Gasteiger partial charge in [0.1, 0.15) is 12.1 Å². The van der Waals surface area contributed by atoms with E-state index in [0.29, 0.717) is 58.6 Å². The summed E-state index contributed by atoms with van der Waals surface area (Å²) in [6.45, 7) is 2.36. The normalized spacial score (nSPS) is 19.5. The SMILES string of the molecule is O=C(NC(CC(=O)N1CCOCC1)C(=O)NC(CCCc1ccccc1)B(O)O)O[C@H]1CCOC1. The Morgan fingerprint density at radius 1 is 1.09 bits per heavy atom. The molecule has 4 N–H and O–H groups in total. The maximum absolute atomic E-state index is 13.1. The zero-order valence-corrected chi connectivity index (χ0v) is 19.8. The molecule has 0 radical (unpaired) electrons. The molecule has 1 aromatic carbocycles. The molecule has 0 aromatic heterocycles. The highest BCUT2D eigenvalue weighted by Crippen LogP contribution is 2.11. The fourth-order valence-electron chi connectivity index (χ4n) is 4.01. The second-order valence-electron chi connectivity index (χ2n) is 8.69. The molecule has 0 bridgehead atoms. The Morgan fingerprint density at radius 2 is 1.83 bits per heavy atom. The van der Waals surface area contributed by atoms with Gasteiger partial charge in [0.25, 0.3) is 0 Å². The summed E-state index contributed by atoms with van der Waals surface area (Å²) in [6.07, 6.45) is 0.608. The summed E-state index contributed by atoms with van der Waals surface area (Å²) in [6, 6.07) is 8.47. The van der Waals surface area contributed by atoms with Gasteiger partial charge in [0, 0.05) is 19.5 Å². The van der Waals surface area contributed by atoms with Crippen LogP contribution in [0.25, 0.3) is 0 Å². The lowest BCUT2D eigenvalue weighted by Crippen LogP contribution is -2.55. The Kier molecular flexibility index (Phi) is 10.8. The van der Waals surface area contributed by atoms with E-state index in [1.807, 2.05) is 30.3 Å². The Bertz CT molecular complexity index is 816. The zero-order chi connectivity index (χ0) is 25.0. The smallest absolute Gasteiger partial charge is 0.444 e. The number of nitrogens with one attached hydrogen (secondary N) is 2. The van der Waals surface area contributed by atoms with Crippen molar-refractivity contribution in [1.29, 1.82) is 0 Å². The lowest BCUT2D eigenvalue weighted by atomic mass is 9.76. The molecule has 0 spiro atoms. The molecule has 3 atom stereocenters. The first-order valence-corrected chi connectivity index (χ1v) is 12.0. The number of carbonyl (C=O) groups excluding carboxylic acids is 3. The Labute approximate surface area is 205 Å². The fourth-order valence-corrected chi connectivity index (χ4v) is 4.01. The molecule has 35 heavy (non-hydrogen) atoms. The minimum atomic E-state index is -1.80. The van der Waals surface area contributed by atoms with E-state index in [9.17, 15) is 24.4 Å². The molecule has 2 saturated heterocycles. The number of rotatable bonds is 11. The molecule has 2 unspecified atom stereocenters. The van der Waals surface area contributed by atoms with Crippen LogP contribution in [0.4, 0.5) is 4.79 Å². The Hall–Kier alpha value is -2.67. The second-order valence-corrected chi connectivity index (χ2v) is 8.69. The van der Waals surface area contributed by atoms with Crippen LogP contribution in [0.5, 0.6) is 0 Å². The molecular weight excluding hydrogens is 457 g/mol. The standard InChI is InChI=1S/C23H34BN3O8/c28-21(27-10-13-33-14-11-27)15-19(25-23(30)35-18-9-12-34-16-18)22(29)26-20(24(31)32)8-4-7-17-5-2-1-3-6-17/h1-3,5-6,18-20,31-32H,4,7-16H2,(H,25,30)(H,26,29)/t18-,19?,20?/m0/s1. The highest BCUT2D eigenvalue weighted by atomic mass is 16.6. The maximum atomic E-state index is 13.1. The molecule has 3 amide bonds. The first-order valence-electron chi connectivity index (χ1n) is 12.0. The Morgan fingerprint density at radius 3 is 2.49 bits per heavy atom. The van der Waals surface area contributed by atoms with E-state index < -0.39 is 37.2 Å². The number of ether oxygens (including phenoxy) is 3. The van der Waals surface area contributed by atoms with Crippen LogP contribution in [0.15, 0.2) is 30.3 Å². The van der Waals surface area contributed by atoms with Gasteiger partial charge in [-0.1, -0.05) is 30.3 Å². The summed E-state index contributed by atoms with van der Waals surface area (Å²) in [5, 5.41) is 24.7. The van der Waals surface area contributed by atoms with E-state index in [4.69, 9.17) is 14.2 Å². The lowest BCUT2D eigenvalue weighted by Gasteiger charge is -2.29. The van der Waals surface area contributed by atoms with Gasteiger partial charge in [-0.2, -0.15) is 0 Å². The number of hydrogen-bond acceptors (Lipinski definition) is 8. The van der Waals surface area contributed by atoms with Gasteiger partial charge in [0.15, 0.2) is 0 Å². The molecule has 2 fully saturated rings. The van der Waals surface area contributed by atoms with Crippen molar-refractivity contribution >= 4 is 25.0 Å². The molecule has 0 aliphatic carbocycles. The van der Waals surface area contributed by atoms with E-state index >= 15 is 0 Å². The van der Waals surface area contributed by atoms with Crippen molar-refractivity contribution in [3.05, 3.63) is 35.9 Å². The molecule has 192 valence electrons. The van der Waals surface area contributed by atoms with E-state index in [0.717, 1.165) is 5.56 Å². The zero-order valence-electron chi connectivity index (χ0n) is 19.8. The predicted octanol–water partition coefficient (Wildman–Crippen LogP) is -0.361. The molecule has 12 heteroatoms. The van der Waals surface area contributed by atoms with Crippen LogP contribution in [0.3, 0.4) is 0 Å². The number of benzene rings is 1. The number of nitrogens with zero attached hydrogens (tertiary/aromatic N) is 1. The monoisotopic (exact) mass is 491 g/mol. The first kappa shape index (κ1) is 26.9. The molecule has 2 aliphatic rings. The first-order chi connectivity index (χ1) is 16.9. The van der Waals surface area contributed by atoms with Crippen molar-refractivity contribution in [3.8, 4) is 0 Å². The number of aryl methyl sites for hydroxylation is 1. The van der Waals surface area contributed by atoms with Gasteiger partial charge in [-0.05, 0) is 24.8 Å². The van der Waals surface area contributed by atoms with Gasteiger partial charge < -0.3 is 39.8 Å². The summed E-state index contributed by atoms with van der Waals surface area (Å²) in [7, 11) is -1.80. The van der Waals surface area contributed by atoms with Crippen LogP contribution < -0.4 is 10.6 Å². The van der Waals surface area contributed by atoms with Gasteiger partial charge in [0.05, 0.1) is 38.8 Å². The number of amides is 3. The average molecular weight is 491 g/mol. The van der Waals surface area contributed by atoms with Crippen molar-refractivity contribution < 1.29 is 38.6 Å². The molecule has 3 rings (SSSR count). The van der Waals surface area contributed by atoms with Gasteiger partial charge in [0.2, 0.25) is 11.8 Å². The molecule has 1 aromatic rings. The summed E-state index contributed by atoms with van der Waals surface area (Å²) in [5.41, 5.74) is 1.10. The van der Waals surface area contributed by atoms with E-state index in [1.165, 1.54) is 0 Å². The predicted molar refractivity (Wildman–Crippen MR) is 126 cm³/mol. The van der Waals surface area contributed by atoms with Crippen molar-refractivity contribution in [2.24, 2.45) is 0 Å². The van der Waals surface area contributed by atoms with Crippen molar-refractivity contribution in [1.82, 2.24) is 15.5 Å². The summed E-state index contributed by atoms with van der Waals surface area (Å²) < 4.78 is 15.7. The third-order valence-electron chi connectivity index (χ3n) is 6.02. The Balaban J connectivity index is 1.59. The van der Waals surface area contributed by atoms with Crippen molar-refractivity contribution in [3.63, 3.8) is 0 Å². The van der Waals surface area contributed by atoms with Crippen molar-refractivity contribution in [2.45, 2.75) is 50.2 Å². The quantitative estimate of drug-likeness (QED) is 0.307. The van der Waals surface area contributed by atoms with Crippen molar-refractivity contribution in [2.75, 3.05) is 39.5 Å². The molecule has 2 aliphatic heterocycles. The van der Waals surface area contributed by atoms with Gasteiger partial charge in [-0.25, -0.2) is 4.79 Å². The van der Waals surface area contributed by atoms with Crippen LogP contribution in [0, 0.1) is 0 Å². The van der Waals surface area contributed by atoms with Crippen LogP contribution in [-0.4, -0.2) is 97.6 Å². The van der Waals surface area contributed by atoms with Gasteiger partial charge in [-0.15, -0.1) is 0 Å². The van der Waals surface area contributed by atoms with E-state index in [1.54, 1.807) is 4.90 Å². The lowest BCUT2D eigenvalue weighted by molar-refractivity contribution is -0.138. The van der Waals surface area contributed by atoms with Crippen LogP contribution in [0.2, 0.25) is 0 Å². The topological polar surface area (TPSA) is 147 Å².